The van der Waals surface area contributed by atoms with E-state index in [1.807, 2.05) is 0 Å². The second-order valence-electron chi connectivity index (χ2n) is 4.22. The largest absolute Gasteiger partial charge is 0.320 e. The molecule has 5 heteroatoms. The predicted octanol–water partition coefficient (Wildman–Crippen LogP) is 3.66. The molecule has 0 atom stereocenters. The number of carbonyl (C=O) groups excluding carboxylic acids is 1. The van der Waals surface area contributed by atoms with Crippen LogP contribution in [0.2, 0.25) is 10.0 Å². The highest BCUT2D eigenvalue weighted by Gasteiger charge is 2.10. The highest BCUT2D eigenvalue weighted by molar-refractivity contribution is 6.42. The summed E-state index contributed by atoms with van der Waals surface area (Å²) in [6.07, 6.45) is 1.53. The molecule has 0 fully saturated rings. The molecule has 3 nitrogen and oxygen atoms in total. The number of hydrogen-bond donors (Lipinski definition) is 0. The Bertz CT molecular complexity index is 720. The summed E-state index contributed by atoms with van der Waals surface area (Å²) >= 11 is 11.8. The summed E-state index contributed by atoms with van der Waals surface area (Å²) in [5, 5.41) is 0.873. The fourth-order valence-electron chi connectivity index (χ4n) is 1.81. The van der Waals surface area contributed by atoms with Crippen LogP contribution in [0, 0.1) is 6.92 Å². The molecule has 19 heavy (non-hydrogen) atoms. The Morgan fingerprint density at radius 2 is 1.84 bits per heavy atom. The zero-order valence-electron chi connectivity index (χ0n) is 10.4. The lowest BCUT2D eigenvalue weighted by molar-refractivity contribution is 0.101. The van der Waals surface area contributed by atoms with Crippen LogP contribution < -0.4 is 5.43 Å². The molecule has 1 aromatic heterocycles. The van der Waals surface area contributed by atoms with Gasteiger partial charge in [0.05, 0.1) is 15.6 Å². The van der Waals surface area contributed by atoms with Crippen LogP contribution >= 0.6 is 23.2 Å². The molecule has 0 saturated heterocycles. The summed E-state index contributed by atoms with van der Waals surface area (Å²) in [6.45, 7) is 3.15. The summed E-state index contributed by atoms with van der Waals surface area (Å²) in [7, 11) is 0. The normalized spacial score (nSPS) is 10.5. The Balaban J connectivity index is 2.68. The predicted molar refractivity (Wildman–Crippen MR) is 76.8 cm³/mol. The number of aromatic nitrogens is 1. The van der Waals surface area contributed by atoms with E-state index in [2.05, 4.69) is 0 Å². The van der Waals surface area contributed by atoms with Gasteiger partial charge in [-0.05, 0) is 32.0 Å². The van der Waals surface area contributed by atoms with Crippen LogP contribution in [0.15, 0.2) is 35.3 Å². The van der Waals surface area contributed by atoms with E-state index in [0.717, 1.165) is 5.69 Å². The third kappa shape index (κ3) is 2.72. The lowest BCUT2D eigenvalue weighted by atomic mass is 10.1. The minimum Gasteiger partial charge on any atom is -0.320 e. The van der Waals surface area contributed by atoms with E-state index in [4.69, 9.17) is 23.2 Å². The molecule has 1 heterocycles. The van der Waals surface area contributed by atoms with Gasteiger partial charge >= 0.3 is 0 Å². The minimum absolute atomic E-state index is 0.150. The van der Waals surface area contributed by atoms with E-state index in [-0.39, 0.29) is 16.8 Å². The van der Waals surface area contributed by atoms with Gasteiger partial charge in [0.25, 0.3) is 0 Å². The molecule has 98 valence electrons. The van der Waals surface area contributed by atoms with Gasteiger partial charge in [-0.3, -0.25) is 9.59 Å². The number of carbonyl (C=O) groups is 1. The van der Waals surface area contributed by atoms with Crippen LogP contribution in [0.3, 0.4) is 0 Å². The number of nitrogens with zero attached hydrogens (tertiary/aromatic N) is 1. The van der Waals surface area contributed by atoms with Gasteiger partial charge in [-0.1, -0.05) is 23.2 Å². The average Bonchev–Trinajstić information content (AvgIpc) is 2.32. The van der Waals surface area contributed by atoms with Crippen LogP contribution in [-0.2, 0) is 0 Å². The number of benzene rings is 1. The monoisotopic (exact) mass is 295 g/mol. The molecule has 0 N–H and O–H groups in total. The Morgan fingerprint density at radius 3 is 2.42 bits per heavy atom. The molecule has 0 unspecified atom stereocenters. The standard InChI is InChI=1S/C14H11Cl2NO2/c1-8-5-14(19)11(9(2)18)7-17(8)10-3-4-12(15)13(16)6-10/h3-7H,1-2H3. The Kier molecular flexibility index (Phi) is 3.78. The quantitative estimate of drug-likeness (QED) is 0.793. The van der Waals surface area contributed by atoms with Crippen LogP contribution in [0.1, 0.15) is 23.0 Å². The van der Waals surface area contributed by atoms with Gasteiger partial charge in [-0.25, -0.2) is 0 Å². The second-order valence-corrected chi connectivity index (χ2v) is 5.03. The van der Waals surface area contributed by atoms with Crippen LogP contribution in [0.25, 0.3) is 5.69 Å². The number of rotatable bonds is 2. The van der Waals surface area contributed by atoms with Crippen molar-refractivity contribution in [3.05, 3.63) is 62.0 Å². The first-order chi connectivity index (χ1) is 8.90. The minimum atomic E-state index is -0.277. The first-order valence-electron chi connectivity index (χ1n) is 5.60. The van der Waals surface area contributed by atoms with Gasteiger partial charge in [0, 0.05) is 23.6 Å². The Labute approximate surface area is 120 Å². The molecule has 0 aliphatic carbocycles. The number of hydrogen-bond acceptors (Lipinski definition) is 2. The van der Waals surface area contributed by atoms with Crippen molar-refractivity contribution >= 4 is 29.0 Å². The van der Waals surface area contributed by atoms with Crippen LogP contribution in [0.5, 0.6) is 0 Å². The maximum Gasteiger partial charge on any atom is 0.192 e. The average molecular weight is 296 g/mol. The lowest BCUT2D eigenvalue weighted by Gasteiger charge is -2.12. The Hall–Kier alpha value is -1.58. The first kappa shape index (κ1) is 13.8. The van der Waals surface area contributed by atoms with Gasteiger partial charge in [-0.15, -0.1) is 0 Å². The van der Waals surface area contributed by atoms with Crippen molar-refractivity contribution in [1.29, 1.82) is 0 Å². The molecule has 0 amide bonds. The number of halogens is 2. The van der Waals surface area contributed by atoms with Gasteiger partial charge in [0.1, 0.15) is 0 Å². The van der Waals surface area contributed by atoms with Gasteiger partial charge in [0.15, 0.2) is 11.2 Å². The number of pyridine rings is 1. The van der Waals surface area contributed by atoms with Crippen molar-refractivity contribution in [3.8, 4) is 5.69 Å². The molecule has 0 bridgehead atoms. The summed E-state index contributed by atoms with van der Waals surface area (Å²) in [6, 6.07) is 6.56. The molecular weight excluding hydrogens is 285 g/mol. The maximum atomic E-state index is 11.7. The van der Waals surface area contributed by atoms with Gasteiger partial charge < -0.3 is 4.57 Å². The van der Waals surface area contributed by atoms with Crippen molar-refractivity contribution < 1.29 is 4.79 Å². The number of ketones is 1. The van der Waals surface area contributed by atoms with E-state index in [9.17, 15) is 9.59 Å². The smallest absolute Gasteiger partial charge is 0.192 e. The van der Waals surface area contributed by atoms with E-state index < -0.39 is 0 Å². The molecule has 0 aliphatic rings. The van der Waals surface area contributed by atoms with Gasteiger partial charge in [-0.2, -0.15) is 0 Å². The van der Waals surface area contributed by atoms with Crippen molar-refractivity contribution in [2.75, 3.05) is 0 Å². The first-order valence-corrected chi connectivity index (χ1v) is 6.35. The van der Waals surface area contributed by atoms with Crippen LogP contribution in [-0.4, -0.2) is 10.4 Å². The molecule has 0 saturated carbocycles. The molecular formula is C14H11Cl2NO2. The topological polar surface area (TPSA) is 39.1 Å². The molecule has 2 aromatic rings. The molecule has 2 rings (SSSR count). The summed E-state index contributed by atoms with van der Waals surface area (Å²) in [5.41, 5.74) is 1.33. The van der Waals surface area contributed by atoms with E-state index in [1.165, 1.54) is 19.2 Å². The summed E-state index contributed by atoms with van der Waals surface area (Å²) < 4.78 is 1.74. The zero-order chi connectivity index (χ0) is 14.2. The third-order valence-corrected chi connectivity index (χ3v) is 3.54. The fourth-order valence-corrected chi connectivity index (χ4v) is 2.10. The van der Waals surface area contributed by atoms with Gasteiger partial charge in [0.2, 0.25) is 0 Å². The summed E-state index contributed by atoms with van der Waals surface area (Å²) in [4.78, 5) is 23.1. The lowest BCUT2D eigenvalue weighted by Crippen LogP contribution is -2.16. The zero-order valence-corrected chi connectivity index (χ0v) is 11.9. The van der Waals surface area contributed by atoms with Crippen LogP contribution in [0.4, 0.5) is 0 Å². The second kappa shape index (κ2) is 5.19. The fraction of sp³-hybridized carbons (Fsp3) is 0.143. The van der Waals surface area contributed by atoms with Crippen molar-refractivity contribution in [2.45, 2.75) is 13.8 Å². The number of aryl methyl sites for hydroxylation is 1. The molecule has 0 radical (unpaired) electrons. The van der Waals surface area contributed by atoms with E-state index >= 15 is 0 Å². The highest BCUT2D eigenvalue weighted by atomic mass is 35.5. The summed E-state index contributed by atoms with van der Waals surface area (Å²) in [5.74, 6) is -0.265. The van der Waals surface area contributed by atoms with E-state index in [1.54, 1.807) is 29.7 Å². The van der Waals surface area contributed by atoms with E-state index in [0.29, 0.717) is 15.7 Å². The third-order valence-electron chi connectivity index (χ3n) is 2.80. The van der Waals surface area contributed by atoms with Crippen molar-refractivity contribution in [3.63, 3.8) is 0 Å². The Morgan fingerprint density at radius 1 is 1.16 bits per heavy atom. The number of Topliss-reactive ketones (excluding diaryl/α,β-unsaturated/α-hetero) is 1. The highest BCUT2D eigenvalue weighted by Crippen LogP contribution is 2.25. The van der Waals surface area contributed by atoms with Crippen molar-refractivity contribution in [2.24, 2.45) is 0 Å². The SMILES string of the molecule is CC(=O)c1cn(-c2ccc(Cl)c(Cl)c2)c(C)cc1=O. The maximum absolute atomic E-state index is 11.7. The molecule has 1 aromatic carbocycles. The molecule has 0 aliphatic heterocycles. The molecule has 0 spiro atoms. The van der Waals surface area contributed by atoms with Crippen molar-refractivity contribution in [1.82, 2.24) is 4.57 Å².